The fraction of sp³-hybridized carbons (Fsp3) is 0.217. The number of carbonyl (C=O) groups excluding carboxylic acids is 3. The highest BCUT2D eigenvalue weighted by Gasteiger charge is 2.45. The summed E-state index contributed by atoms with van der Waals surface area (Å²) >= 11 is 0. The van der Waals surface area contributed by atoms with Crippen LogP contribution in [0.15, 0.2) is 40.2 Å². The minimum atomic E-state index is -1.93. The molecule has 0 saturated heterocycles. The number of aliphatic hydroxyl groups is 1. The number of nitrogens with two attached hydrogens (primary N) is 1. The fourth-order valence-electron chi connectivity index (χ4n) is 4.42. The van der Waals surface area contributed by atoms with Gasteiger partial charge in [0.2, 0.25) is 0 Å². The number of primary amides is 1. The van der Waals surface area contributed by atoms with E-state index in [1.807, 2.05) is 12.1 Å². The highest BCUT2D eigenvalue weighted by atomic mass is 16.6. The molecule has 11 heteroatoms. The summed E-state index contributed by atoms with van der Waals surface area (Å²) in [7, 11) is 0. The van der Waals surface area contributed by atoms with Gasteiger partial charge in [-0.05, 0) is 18.6 Å². The van der Waals surface area contributed by atoms with Crippen molar-refractivity contribution in [2.45, 2.75) is 32.1 Å². The smallest absolute Gasteiger partial charge is 0.343 e. The number of rotatable bonds is 3. The average molecular weight is 461 g/mol. The van der Waals surface area contributed by atoms with E-state index in [4.69, 9.17) is 15.5 Å². The predicted molar refractivity (Wildman–Crippen MR) is 119 cm³/mol. The Kier molecular flexibility index (Phi) is 4.79. The first-order chi connectivity index (χ1) is 16.3. The lowest BCUT2D eigenvalue weighted by atomic mass is 9.86. The van der Waals surface area contributed by atoms with Gasteiger partial charge in [-0.3, -0.25) is 14.4 Å². The number of ether oxygens (including phenoxy) is 1. The van der Waals surface area contributed by atoms with Crippen molar-refractivity contribution in [1.82, 2.24) is 15.0 Å². The molecule has 2 aromatic heterocycles. The van der Waals surface area contributed by atoms with Gasteiger partial charge in [-0.2, -0.15) is 5.10 Å². The highest BCUT2D eigenvalue weighted by molar-refractivity contribution is 6.34. The molecule has 0 spiro atoms. The number of carbonyl (C=O) groups is 3. The van der Waals surface area contributed by atoms with E-state index in [1.165, 1.54) is 10.8 Å². The normalized spacial score (nSPS) is 18.4. The first-order valence-electron chi connectivity index (χ1n) is 10.5. The number of hydrogen-bond acceptors (Lipinski definition) is 8. The van der Waals surface area contributed by atoms with Gasteiger partial charge in [-0.15, -0.1) is 0 Å². The summed E-state index contributed by atoms with van der Waals surface area (Å²) < 4.78 is 6.60. The highest BCUT2D eigenvalue weighted by Crippen LogP contribution is 2.39. The molecule has 0 radical (unpaired) electrons. The van der Waals surface area contributed by atoms with Crippen LogP contribution in [-0.4, -0.2) is 38.7 Å². The van der Waals surface area contributed by atoms with Crippen molar-refractivity contribution in [2.75, 3.05) is 0 Å². The van der Waals surface area contributed by atoms with Crippen LogP contribution in [0, 0.1) is 0 Å². The summed E-state index contributed by atoms with van der Waals surface area (Å²) in [6.45, 7) is 1.56. The summed E-state index contributed by atoms with van der Waals surface area (Å²) in [4.78, 5) is 52.9. The SMILES string of the molecule is CC[C@@]1(O)C(=O)OCc2c1cc1n(c2=O)Cc2c-1nc1ccccc1c2C=NNC(=O)C(N)=O. The number of fused-ring (bicyclic) bond motifs is 5. The van der Waals surface area contributed by atoms with Gasteiger partial charge in [-0.25, -0.2) is 15.2 Å². The van der Waals surface area contributed by atoms with E-state index in [-0.39, 0.29) is 36.3 Å². The molecular weight excluding hydrogens is 442 g/mol. The number of hydrazone groups is 1. The van der Waals surface area contributed by atoms with Crippen LogP contribution in [0.25, 0.3) is 22.3 Å². The van der Waals surface area contributed by atoms with E-state index in [1.54, 1.807) is 25.1 Å². The minimum Gasteiger partial charge on any atom is -0.458 e. The van der Waals surface area contributed by atoms with Gasteiger partial charge in [0.15, 0.2) is 5.60 Å². The zero-order chi connectivity index (χ0) is 24.2. The first-order valence-corrected chi connectivity index (χ1v) is 10.5. The maximum Gasteiger partial charge on any atom is 0.343 e. The fourth-order valence-corrected chi connectivity index (χ4v) is 4.42. The molecule has 2 aliphatic rings. The van der Waals surface area contributed by atoms with E-state index in [2.05, 4.69) is 10.5 Å². The quantitative estimate of drug-likeness (QED) is 0.167. The summed E-state index contributed by atoms with van der Waals surface area (Å²) in [5, 5.41) is 15.6. The van der Waals surface area contributed by atoms with E-state index in [0.717, 1.165) is 0 Å². The molecule has 0 aliphatic carbocycles. The van der Waals surface area contributed by atoms with Crippen LogP contribution in [0.2, 0.25) is 0 Å². The second-order valence-electron chi connectivity index (χ2n) is 8.04. The van der Waals surface area contributed by atoms with Crippen molar-refractivity contribution in [3.05, 3.63) is 62.9 Å². The molecule has 0 bridgehead atoms. The molecule has 2 aliphatic heterocycles. The van der Waals surface area contributed by atoms with Gasteiger partial charge >= 0.3 is 17.8 Å². The molecule has 4 heterocycles. The number of hydrogen-bond donors (Lipinski definition) is 3. The third kappa shape index (κ3) is 3.01. The van der Waals surface area contributed by atoms with Gasteiger partial charge in [0.1, 0.15) is 6.61 Å². The topological polar surface area (TPSA) is 166 Å². The lowest BCUT2D eigenvalue weighted by molar-refractivity contribution is -0.172. The second-order valence-corrected chi connectivity index (χ2v) is 8.04. The van der Waals surface area contributed by atoms with Crippen LogP contribution in [-0.2, 0) is 37.9 Å². The van der Waals surface area contributed by atoms with Crippen molar-refractivity contribution in [3.63, 3.8) is 0 Å². The Bertz CT molecular complexity index is 1510. The number of nitrogens with one attached hydrogen (secondary N) is 1. The Labute approximate surface area is 191 Å². The third-order valence-electron chi connectivity index (χ3n) is 6.22. The van der Waals surface area contributed by atoms with Crippen molar-refractivity contribution in [3.8, 4) is 11.4 Å². The van der Waals surface area contributed by atoms with Crippen LogP contribution >= 0.6 is 0 Å². The Morgan fingerprint density at radius 2 is 2.09 bits per heavy atom. The van der Waals surface area contributed by atoms with E-state index >= 15 is 0 Å². The molecule has 2 amide bonds. The molecule has 0 saturated carbocycles. The third-order valence-corrected chi connectivity index (χ3v) is 6.22. The molecule has 0 fully saturated rings. The summed E-state index contributed by atoms with van der Waals surface area (Å²) in [5.41, 5.74) is 7.91. The minimum absolute atomic E-state index is 0.0389. The number of benzene rings is 1. The number of pyridine rings is 2. The van der Waals surface area contributed by atoms with Crippen LogP contribution in [0.4, 0.5) is 0 Å². The van der Waals surface area contributed by atoms with Crippen LogP contribution in [0.3, 0.4) is 0 Å². The van der Waals surface area contributed by atoms with Gasteiger partial charge in [0.25, 0.3) is 5.56 Å². The molecule has 1 atom stereocenters. The second kappa shape index (κ2) is 7.59. The Hall–Kier alpha value is -4.38. The summed E-state index contributed by atoms with van der Waals surface area (Å²) in [6, 6.07) is 8.84. The van der Waals surface area contributed by atoms with Crippen LogP contribution < -0.4 is 16.7 Å². The largest absolute Gasteiger partial charge is 0.458 e. The number of cyclic esters (lactones) is 1. The molecular formula is C23H19N5O6. The van der Waals surface area contributed by atoms with Crippen molar-refractivity contribution in [1.29, 1.82) is 0 Å². The molecule has 11 nitrogen and oxygen atoms in total. The zero-order valence-corrected chi connectivity index (χ0v) is 18.0. The molecule has 0 unspecified atom stereocenters. The predicted octanol–water partition coefficient (Wildman–Crippen LogP) is 0.0150. The lowest BCUT2D eigenvalue weighted by Crippen LogP contribution is -2.44. The Morgan fingerprint density at radius 1 is 1.32 bits per heavy atom. The number of nitrogens with zero attached hydrogens (tertiary/aromatic N) is 3. The average Bonchev–Trinajstić information content (AvgIpc) is 3.20. The zero-order valence-electron chi connectivity index (χ0n) is 18.0. The molecule has 4 N–H and O–H groups in total. The van der Waals surface area contributed by atoms with Crippen molar-refractivity contribution < 1.29 is 24.2 Å². The number of esters is 1. The molecule has 3 aromatic rings. The van der Waals surface area contributed by atoms with Gasteiger partial charge in [0.05, 0.1) is 35.2 Å². The van der Waals surface area contributed by atoms with E-state index in [0.29, 0.717) is 33.4 Å². The van der Waals surface area contributed by atoms with Gasteiger partial charge in [-0.1, -0.05) is 25.1 Å². The standard InChI is InChI=1S/C23H19N5O6/c1-2-23(33)15-7-17-18-13(9-28(17)21(31)14(15)10-34-22(23)32)12(8-25-27-20(30)19(24)29)11-5-3-4-6-16(11)26-18/h3-8,33H,2,9-10H2,1H3,(H2,24,29)(H,27,30)/t23-/m0/s1. The summed E-state index contributed by atoms with van der Waals surface area (Å²) in [6.07, 6.45) is 1.41. The van der Waals surface area contributed by atoms with Gasteiger partial charge < -0.3 is 20.1 Å². The lowest BCUT2D eigenvalue weighted by Gasteiger charge is -2.31. The first kappa shape index (κ1) is 21.5. The van der Waals surface area contributed by atoms with Gasteiger partial charge in [0, 0.05) is 22.1 Å². The maximum absolute atomic E-state index is 13.4. The number of amides is 2. The van der Waals surface area contributed by atoms with Crippen LogP contribution in [0.5, 0.6) is 0 Å². The van der Waals surface area contributed by atoms with Crippen molar-refractivity contribution in [2.24, 2.45) is 10.8 Å². The number of aromatic nitrogens is 2. The maximum atomic E-state index is 13.4. The van der Waals surface area contributed by atoms with E-state index in [9.17, 15) is 24.3 Å². The molecule has 34 heavy (non-hydrogen) atoms. The Morgan fingerprint density at radius 3 is 2.82 bits per heavy atom. The number of para-hydroxylation sites is 1. The molecule has 172 valence electrons. The summed E-state index contributed by atoms with van der Waals surface area (Å²) in [5.74, 6) is -3.04. The molecule has 1 aromatic carbocycles. The van der Waals surface area contributed by atoms with Crippen molar-refractivity contribution >= 4 is 34.9 Å². The van der Waals surface area contributed by atoms with Crippen LogP contribution in [0.1, 0.15) is 35.6 Å². The monoisotopic (exact) mass is 461 g/mol. The Balaban J connectivity index is 1.73. The molecule has 5 rings (SSSR count). The van der Waals surface area contributed by atoms with E-state index < -0.39 is 23.4 Å².